The van der Waals surface area contributed by atoms with Crippen molar-refractivity contribution in [2.75, 3.05) is 20.3 Å². The van der Waals surface area contributed by atoms with Crippen LogP contribution in [-0.4, -0.2) is 44.0 Å². The highest BCUT2D eigenvalue weighted by molar-refractivity contribution is 6.03. The van der Waals surface area contributed by atoms with Gasteiger partial charge >= 0.3 is 17.9 Å². The number of carbonyl (C=O) groups is 4. The van der Waals surface area contributed by atoms with Crippen LogP contribution in [0.4, 0.5) is 0 Å². The molecule has 0 aliphatic rings. The SMILES string of the molecule is CCCCOC(=O)CCC(CCC(=O)OCCCC)(C(C)=O)C(=O)OC. The molecule has 0 heterocycles. The fourth-order valence-corrected chi connectivity index (χ4v) is 2.46. The standard InChI is InChI=1S/C19H32O7/c1-5-7-13-25-16(21)9-11-19(15(3)20,18(23)24-4)12-10-17(22)26-14-8-6-2/h5-14H2,1-4H3. The number of ether oxygens (including phenoxy) is 3. The second-order valence-electron chi connectivity index (χ2n) is 6.28. The maximum Gasteiger partial charge on any atom is 0.319 e. The average molecular weight is 372 g/mol. The molecule has 7 heteroatoms. The number of rotatable bonds is 14. The molecule has 0 saturated carbocycles. The van der Waals surface area contributed by atoms with Crippen LogP contribution in [0, 0.1) is 5.41 Å². The molecule has 0 aromatic carbocycles. The molecule has 0 saturated heterocycles. The number of Topliss-reactive ketones (excluding diaryl/α,β-unsaturated/α-hetero) is 1. The first kappa shape index (κ1) is 24.1. The zero-order valence-electron chi connectivity index (χ0n) is 16.4. The van der Waals surface area contributed by atoms with E-state index in [2.05, 4.69) is 0 Å². The Morgan fingerprint density at radius 1 is 0.808 bits per heavy atom. The van der Waals surface area contributed by atoms with Crippen LogP contribution in [0.1, 0.15) is 72.1 Å². The van der Waals surface area contributed by atoms with E-state index >= 15 is 0 Å². The van der Waals surface area contributed by atoms with E-state index in [0.717, 1.165) is 25.7 Å². The first-order chi connectivity index (χ1) is 12.3. The lowest BCUT2D eigenvalue weighted by atomic mass is 9.75. The molecular weight excluding hydrogens is 340 g/mol. The van der Waals surface area contributed by atoms with E-state index < -0.39 is 29.1 Å². The smallest absolute Gasteiger partial charge is 0.319 e. The van der Waals surface area contributed by atoms with Crippen LogP contribution < -0.4 is 0 Å². The Morgan fingerprint density at radius 3 is 1.54 bits per heavy atom. The Kier molecular flexibility index (Phi) is 12.3. The lowest BCUT2D eigenvalue weighted by molar-refractivity contribution is -0.160. The van der Waals surface area contributed by atoms with Gasteiger partial charge in [0.2, 0.25) is 0 Å². The fourth-order valence-electron chi connectivity index (χ4n) is 2.46. The highest BCUT2D eigenvalue weighted by atomic mass is 16.5. The van der Waals surface area contributed by atoms with Crippen LogP contribution in [0.3, 0.4) is 0 Å². The summed E-state index contributed by atoms with van der Waals surface area (Å²) in [6, 6.07) is 0. The van der Waals surface area contributed by atoms with E-state index in [1.54, 1.807) is 0 Å². The summed E-state index contributed by atoms with van der Waals surface area (Å²) in [6.45, 7) is 5.84. The summed E-state index contributed by atoms with van der Waals surface area (Å²) in [5, 5.41) is 0. The zero-order chi connectivity index (χ0) is 20.0. The molecule has 26 heavy (non-hydrogen) atoms. The molecule has 0 spiro atoms. The number of ketones is 1. The minimum absolute atomic E-state index is 0.0534. The summed E-state index contributed by atoms with van der Waals surface area (Å²) in [5.74, 6) is -2.13. The molecule has 150 valence electrons. The van der Waals surface area contributed by atoms with Gasteiger partial charge in [0.05, 0.1) is 20.3 Å². The van der Waals surface area contributed by atoms with Crippen LogP contribution >= 0.6 is 0 Å². The van der Waals surface area contributed by atoms with Crippen molar-refractivity contribution >= 4 is 23.7 Å². The number of methoxy groups -OCH3 is 1. The minimum Gasteiger partial charge on any atom is -0.468 e. The third-order valence-corrected chi connectivity index (χ3v) is 4.28. The summed E-state index contributed by atoms with van der Waals surface area (Å²) in [7, 11) is 1.18. The molecule has 0 aliphatic carbocycles. The molecule has 0 aliphatic heterocycles. The number of esters is 3. The number of hydrogen-bond donors (Lipinski definition) is 0. The second kappa shape index (κ2) is 13.3. The Morgan fingerprint density at radius 2 is 1.23 bits per heavy atom. The van der Waals surface area contributed by atoms with Gasteiger partial charge < -0.3 is 14.2 Å². The Hall–Kier alpha value is -1.92. The molecular formula is C19H32O7. The van der Waals surface area contributed by atoms with E-state index in [1.165, 1.54) is 14.0 Å². The van der Waals surface area contributed by atoms with Crippen molar-refractivity contribution in [2.24, 2.45) is 5.41 Å². The van der Waals surface area contributed by atoms with Gasteiger partial charge in [-0.2, -0.15) is 0 Å². The average Bonchev–Trinajstić information content (AvgIpc) is 2.61. The Labute approximate surface area is 155 Å². The van der Waals surface area contributed by atoms with Crippen molar-refractivity contribution in [3.05, 3.63) is 0 Å². The predicted octanol–water partition coefficient (Wildman–Crippen LogP) is 2.98. The molecule has 0 amide bonds. The lowest BCUT2D eigenvalue weighted by Gasteiger charge is -2.27. The quantitative estimate of drug-likeness (QED) is 0.200. The van der Waals surface area contributed by atoms with Crippen LogP contribution in [0.25, 0.3) is 0 Å². The van der Waals surface area contributed by atoms with E-state index in [0.29, 0.717) is 13.2 Å². The minimum atomic E-state index is -1.54. The molecule has 0 aromatic heterocycles. The largest absolute Gasteiger partial charge is 0.468 e. The number of unbranched alkanes of at least 4 members (excludes halogenated alkanes) is 2. The van der Waals surface area contributed by atoms with Crippen LogP contribution in [-0.2, 0) is 33.4 Å². The third kappa shape index (κ3) is 8.45. The molecule has 0 N–H and O–H groups in total. The van der Waals surface area contributed by atoms with E-state index in [-0.39, 0.29) is 25.7 Å². The van der Waals surface area contributed by atoms with Gasteiger partial charge in [0, 0.05) is 12.8 Å². The van der Waals surface area contributed by atoms with Crippen molar-refractivity contribution in [1.29, 1.82) is 0 Å². The first-order valence-electron chi connectivity index (χ1n) is 9.24. The third-order valence-electron chi connectivity index (χ3n) is 4.28. The maximum atomic E-state index is 12.3. The summed E-state index contributed by atoms with van der Waals surface area (Å²) in [6.07, 6.45) is 3.01. The number of carbonyl (C=O) groups excluding carboxylic acids is 4. The predicted molar refractivity (Wildman–Crippen MR) is 95.3 cm³/mol. The van der Waals surface area contributed by atoms with Gasteiger partial charge in [-0.05, 0) is 32.6 Å². The van der Waals surface area contributed by atoms with Crippen molar-refractivity contribution in [3.63, 3.8) is 0 Å². The van der Waals surface area contributed by atoms with Crippen LogP contribution in [0.15, 0.2) is 0 Å². The molecule has 0 rings (SSSR count). The lowest BCUT2D eigenvalue weighted by Crippen LogP contribution is -2.40. The normalized spacial score (nSPS) is 10.9. The van der Waals surface area contributed by atoms with Gasteiger partial charge in [0.25, 0.3) is 0 Å². The summed E-state index contributed by atoms with van der Waals surface area (Å²) in [4.78, 5) is 48.1. The summed E-state index contributed by atoms with van der Waals surface area (Å²) >= 11 is 0. The summed E-state index contributed by atoms with van der Waals surface area (Å²) < 4.78 is 14.9. The van der Waals surface area contributed by atoms with E-state index in [4.69, 9.17) is 14.2 Å². The van der Waals surface area contributed by atoms with Gasteiger partial charge in [-0.15, -0.1) is 0 Å². The van der Waals surface area contributed by atoms with Gasteiger partial charge in [-0.3, -0.25) is 19.2 Å². The second-order valence-corrected chi connectivity index (χ2v) is 6.28. The van der Waals surface area contributed by atoms with E-state index in [1.807, 2.05) is 13.8 Å². The zero-order valence-corrected chi connectivity index (χ0v) is 16.4. The molecule has 0 fully saturated rings. The molecule has 0 bridgehead atoms. The van der Waals surface area contributed by atoms with Gasteiger partial charge in [0.1, 0.15) is 11.2 Å². The number of hydrogen-bond acceptors (Lipinski definition) is 7. The first-order valence-corrected chi connectivity index (χ1v) is 9.24. The topological polar surface area (TPSA) is 96.0 Å². The highest BCUT2D eigenvalue weighted by Crippen LogP contribution is 2.33. The van der Waals surface area contributed by atoms with Gasteiger partial charge in [0.15, 0.2) is 0 Å². The fraction of sp³-hybridized carbons (Fsp3) is 0.789. The molecule has 7 nitrogen and oxygen atoms in total. The molecule has 0 unspecified atom stereocenters. The van der Waals surface area contributed by atoms with Gasteiger partial charge in [-0.25, -0.2) is 0 Å². The van der Waals surface area contributed by atoms with Gasteiger partial charge in [-0.1, -0.05) is 26.7 Å². The molecule has 0 radical (unpaired) electrons. The highest BCUT2D eigenvalue weighted by Gasteiger charge is 2.44. The van der Waals surface area contributed by atoms with Crippen molar-refractivity contribution in [3.8, 4) is 0 Å². The van der Waals surface area contributed by atoms with E-state index in [9.17, 15) is 19.2 Å². The Balaban J connectivity index is 4.90. The van der Waals surface area contributed by atoms with Crippen LogP contribution in [0.5, 0.6) is 0 Å². The maximum absolute atomic E-state index is 12.3. The van der Waals surface area contributed by atoms with Crippen molar-refractivity contribution < 1.29 is 33.4 Å². The molecule has 0 aromatic rings. The Bertz CT molecular complexity index is 445. The van der Waals surface area contributed by atoms with Crippen molar-refractivity contribution in [1.82, 2.24) is 0 Å². The summed E-state index contributed by atoms with van der Waals surface area (Å²) in [5.41, 5.74) is -1.54. The van der Waals surface area contributed by atoms with Crippen LogP contribution in [0.2, 0.25) is 0 Å². The molecule has 0 atom stereocenters. The van der Waals surface area contributed by atoms with Crippen molar-refractivity contribution in [2.45, 2.75) is 72.1 Å². The monoisotopic (exact) mass is 372 g/mol.